The van der Waals surface area contributed by atoms with Crippen LogP contribution >= 0.6 is 0 Å². The van der Waals surface area contributed by atoms with Crippen molar-refractivity contribution in [2.45, 2.75) is 6.92 Å². The van der Waals surface area contributed by atoms with Gasteiger partial charge in [-0.05, 0) is 55.0 Å². The second kappa shape index (κ2) is 7.74. The number of carbonyl (C=O) groups excluding carboxylic acids is 3. The molecule has 27 heavy (non-hydrogen) atoms. The van der Waals surface area contributed by atoms with E-state index in [0.717, 1.165) is 4.90 Å². The molecule has 1 aliphatic rings. The molecule has 3 rings (SSSR count). The number of nitrogens with zero attached hydrogens (tertiary/aromatic N) is 1. The van der Waals surface area contributed by atoms with E-state index in [-0.39, 0.29) is 5.57 Å². The molecule has 1 heterocycles. The van der Waals surface area contributed by atoms with E-state index in [1.54, 1.807) is 48.5 Å². The monoisotopic (exact) mass is 366 g/mol. The van der Waals surface area contributed by atoms with Crippen molar-refractivity contribution in [3.8, 4) is 11.5 Å². The summed E-state index contributed by atoms with van der Waals surface area (Å²) in [5.74, 6) is -0.148. The minimum atomic E-state index is -0.793. The first-order chi connectivity index (χ1) is 13.0. The Morgan fingerprint density at radius 1 is 0.963 bits per heavy atom. The number of rotatable bonds is 5. The van der Waals surface area contributed by atoms with Crippen molar-refractivity contribution in [2.75, 3.05) is 18.6 Å². The Labute approximate surface area is 156 Å². The Morgan fingerprint density at radius 2 is 1.59 bits per heavy atom. The first-order valence-electron chi connectivity index (χ1n) is 8.32. The maximum Gasteiger partial charge on any atom is 0.335 e. The molecule has 0 bridgehead atoms. The van der Waals surface area contributed by atoms with Crippen LogP contribution in [0.1, 0.15) is 12.5 Å². The van der Waals surface area contributed by atoms with Gasteiger partial charge in [-0.1, -0.05) is 12.1 Å². The Balaban J connectivity index is 1.91. The number of nitrogens with one attached hydrogen (secondary N) is 1. The minimum Gasteiger partial charge on any atom is -0.497 e. The molecule has 0 aliphatic carbocycles. The fourth-order valence-corrected chi connectivity index (χ4v) is 2.62. The quantitative estimate of drug-likeness (QED) is 0.650. The molecule has 0 unspecified atom stereocenters. The van der Waals surface area contributed by atoms with Crippen molar-refractivity contribution >= 4 is 29.6 Å². The van der Waals surface area contributed by atoms with Gasteiger partial charge in [0, 0.05) is 0 Å². The molecule has 1 saturated heterocycles. The molecular weight excluding hydrogens is 348 g/mol. The Bertz CT molecular complexity index is 901. The zero-order chi connectivity index (χ0) is 19.4. The third kappa shape index (κ3) is 3.82. The van der Waals surface area contributed by atoms with Gasteiger partial charge in [-0.3, -0.25) is 14.9 Å². The molecule has 0 spiro atoms. The molecule has 1 aliphatic heterocycles. The lowest BCUT2D eigenvalue weighted by Gasteiger charge is -2.26. The van der Waals surface area contributed by atoms with Gasteiger partial charge in [0.25, 0.3) is 11.8 Å². The first-order valence-corrected chi connectivity index (χ1v) is 8.32. The number of amides is 4. The van der Waals surface area contributed by atoms with E-state index in [0.29, 0.717) is 29.4 Å². The number of hydrogen-bond donors (Lipinski definition) is 1. The van der Waals surface area contributed by atoms with Crippen LogP contribution < -0.4 is 19.7 Å². The van der Waals surface area contributed by atoms with Gasteiger partial charge in [0.15, 0.2) is 0 Å². The zero-order valence-electron chi connectivity index (χ0n) is 14.9. The number of benzene rings is 2. The van der Waals surface area contributed by atoms with Gasteiger partial charge in [0.05, 0.1) is 19.4 Å². The van der Waals surface area contributed by atoms with E-state index in [1.807, 2.05) is 6.92 Å². The van der Waals surface area contributed by atoms with Crippen LogP contribution in [0, 0.1) is 0 Å². The summed E-state index contributed by atoms with van der Waals surface area (Å²) in [5.41, 5.74) is 0.846. The van der Waals surface area contributed by atoms with Crippen molar-refractivity contribution in [2.24, 2.45) is 0 Å². The molecule has 2 aromatic rings. The molecule has 0 atom stereocenters. The van der Waals surface area contributed by atoms with Gasteiger partial charge >= 0.3 is 6.03 Å². The average Bonchev–Trinajstić information content (AvgIpc) is 2.67. The van der Waals surface area contributed by atoms with Crippen LogP contribution in [-0.2, 0) is 9.59 Å². The SMILES string of the molecule is CCOc1ccc(/C=C2\C(=O)NC(=O)N(c3ccc(OC)cc3)C2=O)cc1. The predicted molar refractivity (Wildman–Crippen MR) is 99.6 cm³/mol. The van der Waals surface area contributed by atoms with Crippen LogP contribution in [0.15, 0.2) is 54.1 Å². The van der Waals surface area contributed by atoms with Gasteiger partial charge in [0.1, 0.15) is 17.1 Å². The summed E-state index contributed by atoms with van der Waals surface area (Å²) in [7, 11) is 1.52. The van der Waals surface area contributed by atoms with Crippen LogP contribution in [0.25, 0.3) is 6.08 Å². The molecule has 0 aromatic heterocycles. The van der Waals surface area contributed by atoms with Gasteiger partial charge in [-0.2, -0.15) is 0 Å². The molecule has 1 fully saturated rings. The van der Waals surface area contributed by atoms with Gasteiger partial charge in [-0.15, -0.1) is 0 Å². The molecule has 7 heteroatoms. The lowest BCUT2D eigenvalue weighted by Crippen LogP contribution is -2.54. The highest BCUT2D eigenvalue weighted by atomic mass is 16.5. The number of urea groups is 1. The van der Waals surface area contributed by atoms with Gasteiger partial charge in [0.2, 0.25) is 0 Å². The molecule has 0 radical (unpaired) electrons. The minimum absolute atomic E-state index is 0.130. The first kappa shape index (κ1) is 18.2. The van der Waals surface area contributed by atoms with Gasteiger partial charge in [-0.25, -0.2) is 9.69 Å². The molecular formula is C20H18N2O5. The topological polar surface area (TPSA) is 84.9 Å². The van der Waals surface area contributed by atoms with Crippen LogP contribution in [0.3, 0.4) is 0 Å². The summed E-state index contributed by atoms with van der Waals surface area (Å²) < 4.78 is 10.4. The zero-order valence-corrected chi connectivity index (χ0v) is 14.9. The number of imide groups is 2. The summed E-state index contributed by atoms with van der Waals surface area (Å²) >= 11 is 0. The normalized spacial score (nSPS) is 15.7. The molecule has 7 nitrogen and oxygen atoms in total. The van der Waals surface area contributed by atoms with Crippen molar-refractivity contribution < 1.29 is 23.9 Å². The second-order valence-corrected chi connectivity index (χ2v) is 5.66. The third-order valence-corrected chi connectivity index (χ3v) is 3.93. The Kier molecular flexibility index (Phi) is 5.21. The molecule has 0 saturated carbocycles. The van der Waals surface area contributed by atoms with E-state index >= 15 is 0 Å². The van der Waals surface area contributed by atoms with Crippen molar-refractivity contribution in [1.29, 1.82) is 0 Å². The second-order valence-electron chi connectivity index (χ2n) is 5.66. The average molecular weight is 366 g/mol. The number of methoxy groups -OCH3 is 1. The molecule has 2 aromatic carbocycles. The van der Waals surface area contributed by atoms with Crippen molar-refractivity contribution in [3.63, 3.8) is 0 Å². The van der Waals surface area contributed by atoms with Crippen LogP contribution in [-0.4, -0.2) is 31.6 Å². The van der Waals surface area contributed by atoms with Crippen molar-refractivity contribution in [3.05, 3.63) is 59.7 Å². The highest BCUT2D eigenvalue weighted by Crippen LogP contribution is 2.24. The highest BCUT2D eigenvalue weighted by Gasteiger charge is 2.36. The standard InChI is InChI=1S/C20H18N2O5/c1-3-27-16-8-4-13(5-9-16)12-17-18(23)21-20(25)22(19(17)24)14-6-10-15(26-2)11-7-14/h4-12H,3H2,1-2H3,(H,21,23,25)/b17-12+. The largest absolute Gasteiger partial charge is 0.497 e. The molecule has 138 valence electrons. The maximum absolute atomic E-state index is 12.8. The number of carbonyl (C=O) groups is 3. The van der Waals surface area contributed by atoms with E-state index in [4.69, 9.17) is 9.47 Å². The summed E-state index contributed by atoms with van der Waals surface area (Å²) in [6.45, 7) is 2.42. The van der Waals surface area contributed by atoms with Gasteiger partial charge < -0.3 is 9.47 Å². The number of anilines is 1. The maximum atomic E-state index is 12.8. The lowest BCUT2D eigenvalue weighted by atomic mass is 10.1. The van der Waals surface area contributed by atoms with E-state index in [2.05, 4.69) is 5.32 Å². The molecule has 1 N–H and O–H groups in total. The summed E-state index contributed by atoms with van der Waals surface area (Å²) in [5, 5.41) is 2.19. The van der Waals surface area contributed by atoms with E-state index < -0.39 is 17.8 Å². The molecule has 4 amide bonds. The highest BCUT2D eigenvalue weighted by molar-refractivity contribution is 6.39. The Hall–Kier alpha value is -3.61. The van der Waals surface area contributed by atoms with Crippen LogP contribution in [0.2, 0.25) is 0 Å². The smallest absolute Gasteiger partial charge is 0.335 e. The lowest BCUT2D eigenvalue weighted by molar-refractivity contribution is -0.122. The predicted octanol–water partition coefficient (Wildman–Crippen LogP) is 2.76. The number of hydrogen-bond acceptors (Lipinski definition) is 5. The summed E-state index contributed by atoms with van der Waals surface area (Å²) in [4.78, 5) is 38.1. The van der Waals surface area contributed by atoms with Crippen molar-refractivity contribution in [1.82, 2.24) is 5.32 Å². The van der Waals surface area contributed by atoms with Crippen LogP contribution in [0.4, 0.5) is 10.5 Å². The third-order valence-electron chi connectivity index (χ3n) is 3.93. The van der Waals surface area contributed by atoms with E-state index in [1.165, 1.54) is 13.2 Å². The fraction of sp³-hybridized carbons (Fsp3) is 0.150. The Morgan fingerprint density at radius 3 is 2.19 bits per heavy atom. The van der Waals surface area contributed by atoms with E-state index in [9.17, 15) is 14.4 Å². The van der Waals surface area contributed by atoms with Crippen LogP contribution in [0.5, 0.6) is 11.5 Å². The number of ether oxygens (including phenoxy) is 2. The number of barbiturate groups is 1. The fourth-order valence-electron chi connectivity index (χ4n) is 2.62. The summed E-state index contributed by atoms with van der Waals surface area (Å²) in [6, 6.07) is 12.5. The summed E-state index contributed by atoms with van der Waals surface area (Å²) in [6.07, 6.45) is 1.44.